The molecule has 1 aromatic rings. The lowest BCUT2D eigenvalue weighted by molar-refractivity contribution is 0.0695. The van der Waals surface area contributed by atoms with E-state index in [2.05, 4.69) is 57.4 Å². The maximum absolute atomic E-state index is 12.7. The lowest BCUT2D eigenvalue weighted by Gasteiger charge is -2.28. The van der Waals surface area contributed by atoms with Crippen molar-refractivity contribution in [3.63, 3.8) is 0 Å². The number of benzene rings is 1. The Hall–Kier alpha value is -0.140. The molecule has 5 heteroatoms. The van der Waals surface area contributed by atoms with Crippen molar-refractivity contribution in [1.82, 2.24) is 9.80 Å². The molecule has 1 saturated heterocycles. The summed E-state index contributed by atoms with van der Waals surface area (Å²) >= 11 is 5.68. The van der Waals surface area contributed by atoms with E-state index in [0.29, 0.717) is 0 Å². The van der Waals surface area contributed by atoms with Crippen molar-refractivity contribution in [3.05, 3.63) is 31.8 Å². The predicted molar refractivity (Wildman–Crippen MR) is 89.5 cm³/mol. The first kappa shape index (κ1) is 15.3. The third-order valence-electron chi connectivity index (χ3n) is 3.47. The van der Waals surface area contributed by atoms with Gasteiger partial charge in [-0.3, -0.25) is 4.79 Å². The van der Waals surface area contributed by atoms with E-state index in [-0.39, 0.29) is 11.9 Å². The van der Waals surface area contributed by atoms with Gasteiger partial charge in [-0.05, 0) is 67.7 Å². The van der Waals surface area contributed by atoms with Crippen LogP contribution in [0.3, 0.4) is 0 Å². The zero-order valence-corrected chi connectivity index (χ0v) is 14.9. The highest BCUT2D eigenvalue weighted by atomic mass is 127. The highest BCUT2D eigenvalue weighted by Gasteiger charge is 2.26. The first-order chi connectivity index (χ1) is 8.99. The van der Waals surface area contributed by atoms with Gasteiger partial charge in [0.15, 0.2) is 0 Å². The Morgan fingerprint density at radius 3 is 2.89 bits per heavy atom. The molecule has 19 heavy (non-hydrogen) atoms. The molecule has 1 unspecified atom stereocenters. The average molecular weight is 437 g/mol. The number of rotatable bonds is 1. The summed E-state index contributed by atoms with van der Waals surface area (Å²) in [4.78, 5) is 17.0. The zero-order valence-electron chi connectivity index (χ0n) is 11.2. The summed E-state index contributed by atoms with van der Waals surface area (Å²) in [6.45, 7) is 4.97. The van der Waals surface area contributed by atoms with Gasteiger partial charge in [-0.1, -0.05) is 15.9 Å². The second-order valence-electron chi connectivity index (χ2n) is 5.09. The number of nitrogens with zero attached hydrogens (tertiary/aromatic N) is 2. The van der Waals surface area contributed by atoms with Gasteiger partial charge in [-0.15, -0.1) is 0 Å². The largest absolute Gasteiger partial charge is 0.335 e. The molecule has 0 aromatic heterocycles. The minimum absolute atomic E-state index is 0.147. The monoisotopic (exact) mass is 436 g/mol. The number of carbonyl (C=O) groups excluding carboxylic acids is 1. The van der Waals surface area contributed by atoms with Gasteiger partial charge in [0.05, 0.1) is 5.56 Å². The van der Waals surface area contributed by atoms with Gasteiger partial charge in [0, 0.05) is 27.2 Å². The summed E-state index contributed by atoms with van der Waals surface area (Å²) in [5.41, 5.74) is 0.798. The average Bonchev–Trinajstić information content (AvgIpc) is 2.52. The highest BCUT2D eigenvalue weighted by molar-refractivity contribution is 14.1. The Morgan fingerprint density at radius 1 is 1.42 bits per heavy atom. The molecule has 0 bridgehead atoms. The molecule has 1 atom stereocenters. The number of halogens is 2. The lowest BCUT2D eigenvalue weighted by atomic mass is 10.1. The normalized spacial score (nSPS) is 21.3. The fourth-order valence-corrected chi connectivity index (χ4v) is 3.42. The maximum atomic E-state index is 12.7. The molecule has 3 nitrogen and oxygen atoms in total. The van der Waals surface area contributed by atoms with Crippen molar-refractivity contribution >= 4 is 44.4 Å². The van der Waals surface area contributed by atoms with Crippen molar-refractivity contribution in [3.8, 4) is 0 Å². The predicted octanol–water partition coefficient (Wildman–Crippen LogP) is 3.22. The molecule has 1 aliphatic rings. The summed E-state index contributed by atoms with van der Waals surface area (Å²) in [5.74, 6) is 0.147. The van der Waals surface area contributed by atoms with Gasteiger partial charge in [0.1, 0.15) is 0 Å². The number of likely N-dealkylation sites (N-methyl/N-ethyl adjacent to an activating group) is 1. The van der Waals surface area contributed by atoms with Crippen LogP contribution in [0.1, 0.15) is 23.7 Å². The molecule has 1 amide bonds. The van der Waals surface area contributed by atoms with Gasteiger partial charge in [0.2, 0.25) is 0 Å². The smallest absolute Gasteiger partial charge is 0.255 e. The van der Waals surface area contributed by atoms with Crippen molar-refractivity contribution in [2.45, 2.75) is 19.4 Å². The maximum Gasteiger partial charge on any atom is 0.255 e. The van der Waals surface area contributed by atoms with E-state index in [1.54, 1.807) is 0 Å². The lowest BCUT2D eigenvalue weighted by Crippen LogP contribution is -2.42. The zero-order chi connectivity index (χ0) is 14.0. The van der Waals surface area contributed by atoms with Crippen LogP contribution in [0.25, 0.3) is 0 Å². The van der Waals surface area contributed by atoms with Crippen molar-refractivity contribution < 1.29 is 4.79 Å². The van der Waals surface area contributed by atoms with Gasteiger partial charge < -0.3 is 9.80 Å². The minimum Gasteiger partial charge on any atom is -0.335 e. The fourth-order valence-electron chi connectivity index (χ4n) is 2.49. The van der Waals surface area contributed by atoms with E-state index in [1.807, 2.05) is 23.1 Å². The standard InChI is InChI=1S/C14H18BrIN2O/c1-10-9-17(2)6-3-7-18(10)14(19)12-8-11(15)4-5-13(12)16/h4-5,8,10H,3,6-7,9H2,1-2H3. The van der Waals surface area contributed by atoms with E-state index in [0.717, 1.165) is 39.7 Å². The first-order valence-corrected chi connectivity index (χ1v) is 8.31. The quantitative estimate of drug-likeness (QED) is 0.631. The molecule has 2 rings (SSSR count). The third-order valence-corrected chi connectivity index (χ3v) is 4.90. The number of amides is 1. The van der Waals surface area contributed by atoms with Crippen LogP contribution < -0.4 is 0 Å². The summed E-state index contributed by atoms with van der Waals surface area (Å²) in [5, 5.41) is 0. The van der Waals surface area contributed by atoms with Crippen molar-refractivity contribution in [1.29, 1.82) is 0 Å². The van der Waals surface area contributed by atoms with Crippen LogP contribution in [0.4, 0.5) is 0 Å². The molecule has 0 saturated carbocycles. The second kappa shape index (κ2) is 6.54. The molecular formula is C14H18BrIN2O. The van der Waals surface area contributed by atoms with E-state index >= 15 is 0 Å². The molecule has 1 fully saturated rings. The number of carbonyl (C=O) groups is 1. The Kier molecular flexibility index (Phi) is 5.25. The van der Waals surface area contributed by atoms with Gasteiger partial charge in [-0.25, -0.2) is 0 Å². The Balaban J connectivity index is 2.25. The van der Waals surface area contributed by atoms with Crippen molar-refractivity contribution in [2.75, 3.05) is 26.7 Å². The van der Waals surface area contributed by atoms with Gasteiger partial charge in [-0.2, -0.15) is 0 Å². The van der Waals surface area contributed by atoms with Crippen LogP contribution in [-0.2, 0) is 0 Å². The molecule has 1 aliphatic heterocycles. The molecule has 0 aliphatic carbocycles. The molecular weight excluding hydrogens is 419 g/mol. The van der Waals surface area contributed by atoms with E-state index in [9.17, 15) is 4.79 Å². The summed E-state index contributed by atoms with van der Waals surface area (Å²) in [7, 11) is 2.12. The second-order valence-corrected chi connectivity index (χ2v) is 7.17. The van der Waals surface area contributed by atoms with Gasteiger partial charge >= 0.3 is 0 Å². The summed E-state index contributed by atoms with van der Waals surface area (Å²) < 4.78 is 1.96. The molecule has 0 N–H and O–H groups in total. The molecule has 0 radical (unpaired) electrons. The SMILES string of the molecule is CC1CN(C)CCCN1C(=O)c1cc(Br)ccc1I. The molecule has 104 valence electrons. The molecule has 1 heterocycles. The fraction of sp³-hybridized carbons (Fsp3) is 0.500. The highest BCUT2D eigenvalue weighted by Crippen LogP contribution is 2.22. The van der Waals surface area contributed by atoms with Gasteiger partial charge in [0.25, 0.3) is 5.91 Å². The topological polar surface area (TPSA) is 23.6 Å². The van der Waals surface area contributed by atoms with Crippen LogP contribution in [0.2, 0.25) is 0 Å². The third kappa shape index (κ3) is 3.70. The van der Waals surface area contributed by atoms with Crippen LogP contribution in [0.5, 0.6) is 0 Å². The minimum atomic E-state index is 0.147. The van der Waals surface area contributed by atoms with E-state index in [4.69, 9.17) is 0 Å². The van der Waals surface area contributed by atoms with Crippen molar-refractivity contribution in [2.24, 2.45) is 0 Å². The molecule has 0 spiro atoms. The van der Waals surface area contributed by atoms with E-state index in [1.165, 1.54) is 0 Å². The first-order valence-electron chi connectivity index (χ1n) is 6.43. The number of hydrogen-bond donors (Lipinski definition) is 0. The Morgan fingerprint density at radius 2 is 2.16 bits per heavy atom. The number of hydrogen-bond acceptors (Lipinski definition) is 2. The van der Waals surface area contributed by atoms with Crippen LogP contribution >= 0.6 is 38.5 Å². The van der Waals surface area contributed by atoms with Crippen LogP contribution in [0, 0.1) is 3.57 Å². The van der Waals surface area contributed by atoms with E-state index < -0.39 is 0 Å². The molecule has 1 aromatic carbocycles. The van der Waals surface area contributed by atoms with Crippen LogP contribution in [0.15, 0.2) is 22.7 Å². The van der Waals surface area contributed by atoms with Crippen LogP contribution in [-0.4, -0.2) is 48.4 Å². The Bertz CT molecular complexity index is 481. The summed E-state index contributed by atoms with van der Waals surface area (Å²) in [6.07, 6.45) is 1.04. The Labute approximate surface area is 136 Å². The summed E-state index contributed by atoms with van der Waals surface area (Å²) in [6, 6.07) is 6.13.